The van der Waals surface area contributed by atoms with E-state index in [9.17, 15) is 27.2 Å². The maximum Gasteiger partial charge on any atom is 0.394 e. The van der Waals surface area contributed by atoms with Crippen LogP contribution < -0.4 is 5.32 Å². The molecule has 2 amide bonds. The van der Waals surface area contributed by atoms with Gasteiger partial charge in [0.15, 0.2) is 0 Å². The summed E-state index contributed by atoms with van der Waals surface area (Å²) in [6, 6.07) is 2.77. The second-order valence-electron chi connectivity index (χ2n) is 5.06. The minimum Gasteiger partial charge on any atom is -0.481 e. The Labute approximate surface area is 136 Å². The van der Waals surface area contributed by atoms with Crippen molar-refractivity contribution in [3.63, 3.8) is 0 Å². The fraction of sp³-hybridized carbons (Fsp3) is 0.385. The van der Waals surface area contributed by atoms with Crippen molar-refractivity contribution in [2.75, 3.05) is 18.4 Å². The molecular weight excluding hydrogens is 388 g/mol. The number of urea groups is 1. The summed E-state index contributed by atoms with van der Waals surface area (Å²) >= 11 is 2.93. The summed E-state index contributed by atoms with van der Waals surface area (Å²) < 4.78 is 52.1. The summed E-state index contributed by atoms with van der Waals surface area (Å²) in [7, 11) is 0. The van der Waals surface area contributed by atoms with Gasteiger partial charge in [-0.1, -0.05) is 0 Å². The van der Waals surface area contributed by atoms with Crippen LogP contribution in [0.3, 0.4) is 0 Å². The van der Waals surface area contributed by atoms with Gasteiger partial charge in [0.2, 0.25) is 0 Å². The zero-order chi connectivity index (χ0) is 17.4. The molecule has 1 aromatic rings. The standard InChI is InChI=1S/C13H11BrF4N2O3/c14-9-2-1-6(3-10(9)15)19-12(23)20-4-7(11(21)22)8(5-20)13(16,17)18/h1-3,7-8H,4-5H2,(H,19,23)(H,21,22)/t7-,8-/m1/s1. The van der Waals surface area contributed by atoms with Crippen molar-refractivity contribution in [3.05, 3.63) is 28.5 Å². The van der Waals surface area contributed by atoms with Gasteiger partial charge >= 0.3 is 18.2 Å². The molecule has 1 aliphatic heterocycles. The number of carboxylic acids is 1. The summed E-state index contributed by atoms with van der Waals surface area (Å²) in [6.45, 7) is -1.32. The molecule has 23 heavy (non-hydrogen) atoms. The van der Waals surface area contributed by atoms with Gasteiger partial charge in [0.1, 0.15) is 5.82 Å². The average Bonchev–Trinajstić information content (AvgIpc) is 2.88. The van der Waals surface area contributed by atoms with E-state index in [1.807, 2.05) is 0 Å². The van der Waals surface area contributed by atoms with Crippen LogP contribution in [0.4, 0.5) is 28.0 Å². The number of rotatable bonds is 2. The van der Waals surface area contributed by atoms with Gasteiger partial charge in [0.25, 0.3) is 0 Å². The number of benzene rings is 1. The molecule has 1 saturated heterocycles. The monoisotopic (exact) mass is 398 g/mol. The van der Waals surface area contributed by atoms with Crippen LogP contribution in [0.5, 0.6) is 0 Å². The summed E-state index contributed by atoms with van der Waals surface area (Å²) in [6.07, 6.45) is -4.72. The molecule has 1 fully saturated rings. The number of carbonyl (C=O) groups is 2. The summed E-state index contributed by atoms with van der Waals surface area (Å²) in [5, 5.41) is 11.1. The highest BCUT2D eigenvalue weighted by Crippen LogP contribution is 2.37. The molecule has 0 aromatic heterocycles. The number of likely N-dealkylation sites (tertiary alicyclic amines) is 1. The van der Waals surface area contributed by atoms with Crippen LogP contribution in [-0.4, -0.2) is 41.3 Å². The van der Waals surface area contributed by atoms with E-state index in [-0.39, 0.29) is 10.2 Å². The van der Waals surface area contributed by atoms with E-state index >= 15 is 0 Å². The number of alkyl halides is 3. The normalized spacial score (nSPS) is 21.3. The Kier molecular flexibility index (Phi) is 4.83. The molecule has 0 bridgehead atoms. The van der Waals surface area contributed by atoms with E-state index in [2.05, 4.69) is 21.2 Å². The predicted octanol–water partition coefficient (Wildman–Crippen LogP) is 3.32. The third kappa shape index (κ3) is 3.92. The third-order valence-corrected chi connectivity index (χ3v) is 4.16. The Morgan fingerprint density at radius 2 is 1.96 bits per heavy atom. The van der Waals surface area contributed by atoms with Gasteiger partial charge in [-0.3, -0.25) is 4.79 Å². The molecule has 0 radical (unpaired) electrons. The Bertz CT molecular complexity index is 638. The SMILES string of the molecule is O=C(O)[C@@H]1CN(C(=O)Nc2ccc(Br)c(F)c2)C[C@H]1C(F)(F)F. The number of carboxylic acid groups (broad SMARTS) is 1. The summed E-state index contributed by atoms with van der Waals surface area (Å²) in [5.41, 5.74) is 0.0537. The van der Waals surface area contributed by atoms with Crippen molar-refractivity contribution in [3.8, 4) is 0 Å². The maximum atomic E-state index is 13.4. The van der Waals surface area contributed by atoms with Gasteiger partial charge in [0.05, 0.1) is 16.3 Å². The van der Waals surface area contributed by atoms with Crippen molar-refractivity contribution in [1.82, 2.24) is 4.90 Å². The van der Waals surface area contributed by atoms with Gasteiger partial charge in [-0.2, -0.15) is 13.2 Å². The smallest absolute Gasteiger partial charge is 0.394 e. The minimum absolute atomic E-state index is 0.0537. The van der Waals surface area contributed by atoms with Crippen LogP contribution >= 0.6 is 15.9 Å². The van der Waals surface area contributed by atoms with Gasteiger partial charge in [-0.15, -0.1) is 0 Å². The van der Waals surface area contributed by atoms with Gasteiger partial charge in [0, 0.05) is 18.8 Å². The first kappa shape index (κ1) is 17.5. The second kappa shape index (κ2) is 6.34. The van der Waals surface area contributed by atoms with Crippen LogP contribution in [0.1, 0.15) is 0 Å². The molecule has 5 nitrogen and oxygen atoms in total. The number of aliphatic carboxylic acids is 1. The first-order chi connectivity index (χ1) is 10.6. The topological polar surface area (TPSA) is 69.6 Å². The highest BCUT2D eigenvalue weighted by molar-refractivity contribution is 9.10. The first-order valence-electron chi connectivity index (χ1n) is 6.40. The first-order valence-corrected chi connectivity index (χ1v) is 7.19. The molecule has 2 N–H and O–H groups in total. The van der Waals surface area contributed by atoms with E-state index in [0.717, 1.165) is 11.0 Å². The van der Waals surface area contributed by atoms with Crippen molar-refractivity contribution in [1.29, 1.82) is 0 Å². The molecule has 1 aliphatic rings. The summed E-state index contributed by atoms with van der Waals surface area (Å²) in [4.78, 5) is 23.7. The number of anilines is 1. The second-order valence-corrected chi connectivity index (χ2v) is 5.91. The molecule has 126 valence electrons. The lowest BCUT2D eigenvalue weighted by atomic mass is 9.96. The average molecular weight is 399 g/mol. The lowest BCUT2D eigenvalue weighted by molar-refractivity contribution is -0.187. The zero-order valence-electron chi connectivity index (χ0n) is 11.4. The Balaban J connectivity index is 2.11. The van der Waals surface area contributed by atoms with Crippen molar-refractivity contribution < 1.29 is 32.3 Å². The van der Waals surface area contributed by atoms with Crippen molar-refractivity contribution >= 4 is 33.6 Å². The molecule has 0 unspecified atom stereocenters. The summed E-state index contributed by atoms with van der Waals surface area (Å²) in [5.74, 6) is -6.12. The third-order valence-electron chi connectivity index (χ3n) is 3.52. The Morgan fingerprint density at radius 3 is 2.43 bits per heavy atom. The number of carbonyl (C=O) groups excluding carboxylic acids is 1. The molecule has 1 heterocycles. The Hall–Kier alpha value is -1.84. The fourth-order valence-electron chi connectivity index (χ4n) is 2.33. The van der Waals surface area contributed by atoms with Crippen LogP contribution in [0, 0.1) is 17.7 Å². The van der Waals surface area contributed by atoms with Crippen LogP contribution in [0.25, 0.3) is 0 Å². The minimum atomic E-state index is -4.72. The quantitative estimate of drug-likeness (QED) is 0.750. The lowest BCUT2D eigenvalue weighted by Gasteiger charge is -2.18. The van der Waals surface area contributed by atoms with E-state index in [0.29, 0.717) is 0 Å². The van der Waals surface area contributed by atoms with Gasteiger partial charge < -0.3 is 15.3 Å². The highest BCUT2D eigenvalue weighted by Gasteiger charge is 2.53. The van der Waals surface area contributed by atoms with Gasteiger partial charge in [-0.05, 0) is 34.1 Å². The van der Waals surface area contributed by atoms with Crippen LogP contribution in [0.15, 0.2) is 22.7 Å². The fourth-order valence-corrected chi connectivity index (χ4v) is 2.57. The van der Waals surface area contributed by atoms with Crippen molar-refractivity contribution in [2.45, 2.75) is 6.18 Å². The van der Waals surface area contributed by atoms with Gasteiger partial charge in [-0.25, -0.2) is 9.18 Å². The maximum absolute atomic E-state index is 13.4. The number of amides is 2. The molecule has 2 rings (SSSR count). The molecule has 0 saturated carbocycles. The molecule has 2 atom stereocenters. The number of halogens is 5. The lowest BCUT2D eigenvalue weighted by Crippen LogP contribution is -2.35. The zero-order valence-corrected chi connectivity index (χ0v) is 13.0. The molecule has 0 spiro atoms. The molecular formula is C13H11BrF4N2O3. The van der Waals surface area contributed by atoms with Crippen molar-refractivity contribution in [2.24, 2.45) is 11.8 Å². The highest BCUT2D eigenvalue weighted by atomic mass is 79.9. The Morgan fingerprint density at radius 1 is 1.30 bits per heavy atom. The van der Waals surface area contributed by atoms with Crippen LogP contribution in [-0.2, 0) is 4.79 Å². The van der Waals surface area contributed by atoms with E-state index in [1.54, 1.807) is 0 Å². The van der Waals surface area contributed by atoms with E-state index in [4.69, 9.17) is 5.11 Å². The predicted molar refractivity (Wildman–Crippen MR) is 75.4 cm³/mol. The molecule has 10 heteroatoms. The molecule has 1 aromatic carbocycles. The number of hydrogen-bond donors (Lipinski definition) is 2. The number of nitrogens with one attached hydrogen (secondary N) is 1. The van der Waals surface area contributed by atoms with E-state index in [1.165, 1.54) is 12.1 Å². The number of hydrogen-bond acceptors (Lipinski definition) is 2. The molecule has 0 aliphatic carbocycles. The van der Waals surface area contributed by atoms with E-state index < -0.39 is 48.9 Å². The largest absolute Gasteiger partial charge is 0.481 e. The van der Waals surface area contributed by atoms with Crippen LogP contribution in [0.2, 0.25) is 0 Å². The number of nitrogens with zero attached hydrogens (tertiary/aromatic N) is 1.